The van der Waals surface area contributed by atoms with Crippen LogP contribution in [0.5, 0.6) is 0 Å². The Balaban J connectivity index is 0.000000192. The Bertz CT molecular complexity index is 2280. The van der Waals surface area contributed by atoms with E-state index < -0.39 is 12.0 Å². The maximum absolute atomic E-state index is 13.5. The number of rotatable bonds is 9. The number of imidazole rings is 2. The minimum atomic E-state index is -2.63. The number of aromatic nitrogens is 6. The van der Waals surface area contributed by atoms with E-state index in [2.05, 4.69) is 39.9 Å². The molecule has 0 radical (unpaired) electrons. The van der Waals surface area contributed by atoms with Gasteiger partial charge in [0.05, 0.1) is 42.2 Å². The molecule has 7 rings (SSSR count). The van der Waals surface area contributed by atoms with Gasteiger partial charge in [-0.3, -0.25) is 9.69 Å². The number of anilines is 4. The number of hydrogen-bond acceptors (Lipinski definition) is 9. The van der Waals surface area contributed by atoms with Gasteiger partial charge in [0.25, 0.3) is 5.92 Å². The number of pyridine rings is 2. The highest BCUT2D eigenvalue weighted by Crippen LogP contribution is 2.35. The molecular formula is C40H44F2N10O. The van der Waals surface area contributed by atoms with Crippen molar-refractivity contribution in [3.8, 4) is 6.07 Å². The highest BCUT2D eigenvalue weighted by molar-refractivity contribution is 5.81. The zero-order chi connectivity index (χ0) is 37.9. The van der Waals surface area contributed by atoms with E-state index in [9.17, 15) is 18.8 Å². The molecule has 53 heavy (non-hydrogen) atoms. The van der Waals surface area contributed by atoms with Crippen molar-refractivity contribution in [3.63, 3.8) is 0 Å². The largest absolute Gasteiger partial charge is 0.334 e. The molecule has 0 N–H and O–H groups in total. The molecule has 4 aromatic heterocycles. The summed E-state index contributed by atoms with van der Waals surface area (Å²) in [5.74, 6) is -0.974. The number of carbonyl (C=O) groups excluding carboxylic acids is 1. The van der Waals surface area contributed by atoms with E-state index in [0.29, 0.717) is 5.56 Å². The molecule has 5 heterocycles. The van der Waals surface area contributed by atoms with Gasteiger partial charge in [-0.15, -0.1) is 0 Å². The summed E-state index contributed by atoms with van der Waals surface area (Å²) in [4.78, 5) is 34.5. The van der Waals surface area contributed by atoms with E-state index in [4.69, 9.17) is 0 Å². The molecule has 0 saturated carbocycles. The third-order valence-corrected chi connectivity index (χ3v) is 10.0. The summed E-state index contributed by atoms with van der Waals surface area (Å²) in [6.07, 6.45) is 9.21. The number of carbonyl (C=O) groups is 1. The highest BCUT2D eigenvalue weighted by Gasteiger charge is 2.36. The fraction of sp³-hybridized carbons (Fsp3) is 0.350. The number of piperidine rings is 1. The number of likely N-dealkylation sites (tertiary alicyclic amines) is 1. The van der Waals surface area contributed by atoms with E-state index in [1.165, 1.54) is 0 Å². The van der Waals surface area contributed by atoms with Gasteiger partial charge in [-0.2, -0.15) is 5.26 Å². The van der Waals surface area contributed by atoms with Crippen LogP contribution in [0, 0.1) is 11.3 Å². The number of benzene rings is 2. The first kappa shape index (κ1) is 37.0. The van der Waals surface area contributed by atoms with Crippen molar-refractivity contribution < 1.29 is 13.6 Å². The number of nitrogens with zero attached hydrogens (tertiary/aromatic N) is 10. The average molecular weight is 719 g/mol. The minimum Gasteiger partial charge on any atom is -0.334 e. The molecule has 1 aliphatic heterocycles. The summed E-state index contributed by atoms with van der Waals surface area (Å²) in [6, 6.07) is 17.5. The first-order valence-electron chi connectivity index (χ1n) is 17.7. The van der Waals surface area contributed by atoms with Gasteiger partial charge in [-0.25, -0.2) is 28.7 Å². The summed E-state index contributed by atoms with van der Waals surface area (Å²) in [5.41, 5.74) is 9.57. The molecule has 0 spiro atoms. The predicted octanol–water partition coefficient (Wildman–Crippen LogP) is 7.71. The van der Waals surface area contributed by atoms with Gasteiger partial charge in [0.1, 0.15) is 35.0 Å². The summed E-state index contributed by atoms with van der Waals surface area (Å²) >= 11 is 0. The molecular weight excluding hydrogens is 675 g/mol. The Morgan fingerprint density at radius 1 is 0.811 bits per heavy atom. The van der Waals surface area contributed by atoms with Crippen molar-refractivity contribution in [1.82, 2.24) is 34.0 Å². The summed E-state index contributed by atoms with van der Waals surface area (Å²) < 4.78 is 31.0. The third kappa shape index (κ3) is 7.73. The zero-order valence-corrected chi connectivity index (χ0v) is 31.0. The summed E-state index contributed by atoms with van der Waals surface area (Å²) in [7, 11) is 7.87. The Hall–Kier alpha value is -5.74. The van der Waals surface area contributed by atoms with Crippen LogP contribution in [0.4, 0.5) is 31.8 Å². The van der Waals surface area contributed by atoms with Gasteiger partial charge in [0, 0.05) is 83.2 Å². The lowest BCUT2D eigenvalue weighted by Crippen LogP contribution is -2.41. The van der Waals surface area contributed by atoms with Gasteiger partial charge in [0.2, 0.25) is 0 Å². The Labute approximate surface area is 308 Å². The van der Waals surface area contributed by atoms with Gasteiger partial charge < -0.3 is 18.9 Å². The van der Waals surface area contributed by atoms with Crippen LogP contribution in [0.25, 0.3) is 22.1 Å². The van der Waals surface area contributed by atoms with Gasteiger partial charge in [-0.05, 0) is 53.8 Å². The van der Waals surface area contributed by atoms with E-state index in [-0.39, 0.29) is 25.9 Å². The first-order valence-corrected chi connectivity index (χ1v) is 17.7. The quantitative estimate of drug-likeness (QED) is 0.139. The smallest absolute Gasteiger partial charge is 0.250 e. The van der Waals surface area contributed by atoms with Gasteiger partial charge >= 0.3 is 0 Å². The third-order valence-electron chi connectivity index (χ3n) is 10.0. The molecule has 1 fully saturated rings. The minimum absolute atomic E-state index is 0.200. The first-order chi connectivity index (χ1) is 25.5. The second-order valence-electron chi connectivity index (χ2n) is 13.4. The summed E-state index contributed by atoms with van der Waals surface area (Å²) in [6.45, 7) is 4.60. The molecule has 0 aliphatic carbocycles. The molecule has 274 valence electrons. The van der Waals surface area contributed by atoms with Crippen molar-refractivity contribution in [1.29, 1.82) is 5.26 Å². The number of fused-ring (bicyclic) bond motifs is 2. The molecule has 1 aliphatic rings. The van der Waals surface area contributed by atoms with Crippen molar-refractivity contribution >= 4 is 51.4 Å². The molecule has 6 aromatic rings. The maximum Gasteiger partial charge on any atom is 0.250 e. The second-order valence-corrected chi connectivity index (χ2v) is 13.4. The molecule has 11 nitrogen and oxygen atoms in total. The van der Waals surface area contributed by atoms with Crippen LogP contribution in [-0.2, 0) is 26.9 Å². The lowest BCUT2D eigenvalue weighted by atomic mass is 9.97. The number of aldehydes is 1. The fourth-order valence-electron chi connectivity index (χ4n) is 6.80. The molecule has 1 saturated heterocycles. The number of hydrogen-bond donors (Lipinski definition) is 0. The highest BCUT2D eigenvalue weighted by atomic mass is 19.3. The number of aryl methyl sites for hydroxylation is 4. The molecule has 0 bridgehead atoms. The van der Waals surface area contributed by atoms with Crippen molar-refractivity contribution in [3.05, 3.63) is 95.8 Å². The van der Waals surface area contributed by atoms with Crippen molar-refractivity contribution in [2.45, 2.75) is 51.5 Å². The fourth-order valence-corrected chi connectivity index (χ4v) is 6.80. The average Bonchev–Trinajstić information content (AvgIpc) is 3.75. The van der Waals surface area contributed by atoms with E-state index in [1.54, 1.807) is 25.0 Å². The standard InChI is InChI=1S/C23H26F2N6.C17H18N4O/c1-4-16-11-17(21(13-26)31-9-7-23(24,25)8-10-31)5-6-19(16)30(3)22-12-20-18(14-27-22)28-15-29(20)2;1-4-13-7-12(10-22)5-6-15(13)21(3)17-8-16-14(9-18-17)19-11-20(16)2/h5-6,11-12,14-15,21H,4,7-10H2,1-3H3;5-11H,4H2,1-3H3. The number of nitriles is 1. The van der Waals surface area contributed by atoms with E-state index in [0.717, 1.165) is 80.9 Å². The SMILES string of the molecule is CCc1cc(C(C#N)N2CCC(F)(F)CC2)ccc1N(C)c1cc2c(cn1)ncn2C.CCc1cc(C=O)ccc1N(C)c1cc2c(cn1)ncn2C. The summed E-state index contributed by atoms with van der Waals surface area (Å²) in [5, 5.41) is 9.78. The van der Waals surface area contributed by atoms with Crippen molar-refractivity contribution in [2.24, 2.45) is 14.1 Å². The second kappa shape index (κ2) is 15.5. The Morgan fingerprint density at radius 2 is 1.32 bits per heavy atom. The van der Waals surface area contributed by atoms with Gasteiger partial charge in [0.15, 0.2) is 0 Å². The van der Waals surface area contributed by atoms with E-state index in [1.807, 2.05) is 101 Å². The van der Waals surface area contributed by atoms with Crippen LogP contribution >= 0.6 is 0 Å². The van der Waals surface area contributed by atoms with Crippen LogP contribution in [0.3, 0.4) is 0 Å². The molecule has 1 atom stereocenters. The normalized spacial score (nSPS) is 14.7. The molecule has 0 amide bonds. The molecule has 1 unspecified atom stereocenters. The molecule has 2 aromatic carbocycles. The predicted molar refractivity (Wildman–Crippen MR) is 204 cm³/mol. The zero-order valence-electron chi connectivity index (χ0n) is 31.0. The number of alkyl halides is 2. The number of halogens is 2. The topological polar surface area (TPSA) is 112 Å². The maximum atomic E-state index is 13.5. The van der Waals surface area contributed by atoms with Crippen LogP contribution in [0.2, 0.25) is 0 Å². The lowest BCUT2D eigenvalue weighted by molar-refractivity contribution is -0.0595. The Kier molecular flexibility index (Phi) is 10.8. The van der Waals surface area contributed by atoms with Gasteiger partial charge in [-0.1, -0.05) is 26.0 Å². The van der Waals surface area contributed by atoms with Crippen LogP contribution in [0.15, 0.2) is 73.6 Å². The van der Waals surface area contributed by atoms with Crippen molar-refractivity contribution in [2.75, 3.05) is 37.0 Å². The monoisotopic (exact) mass is 718 g/mol. The van der Waals surface area contributed by atoms with Crippen LogP contribution < -0.4 is 9.80 Å². The van der Waals surface area contributed by atoms with Crippen LogP contribution in [0.1, 0.15) is 59.8 Å². The Morgan fingerprint density at radius 3 is 1.81 bits per heavy atom. The lowest BCUT2D eigenvalue weighted by Gasteiger charge is -2.35. The van der Waals surface area contributed by atoms with Crippen LogP contribution in [-0.4, -0.2) is 73.4 Å². The van der Waals surface area contributed by atoms with E-state index >= 15 is 0 Å². The molecule has 13 heteroatoms.